The molecule has 6 heteroatoms. The van der Waals surface area contributed by atoms with Crippen LogP contribution in [0, 0.1) is 11.6 Å². The predicted octanol–water partition coefficient (Wildman–Crippen LogP) is 2.64. The lowest BCUT2D eigenvalue weighted by atomic mass is 10.0. The molecule has 1 aromatic carbocycles. The summed E-state index contributed by atoms with van der Waals surface area (Å²) in [6.45, 7) is -0.666. The predicted molar refractivity (Wildman–Crippen MR) is 54.7 cm³/mol. The molecule has 0 radical (unpaired) electrons. The summed E-state index contributed by atoms with van der Waals surface area (Å²) in [5, 5.41) is 0. The Morgan fingerprint density at radius 1 is 1.24 bits per heavy atom. The number of nitrogens with two attached hydrogens (primary N) is 1. The largest absolute Gasteiger partial charge is 0.375 e. The Balaban J connectivity index is 2.44. The second kappa shape index (κ2) is 6.56. The standard InChI is InChI=1S/C11H13F4NO/c12-7-1-2-8(9(13)5-7)10(16)3-4-17-6-11(14)15/h1-2,5,10-11H,3-4,6,16H2. The van der Waals surface area contributed by atoms with Gasteiger partial charge in [-0.15, -0.1) is 0 Å². The number of rotatable bonds is 6. The molecule has 1 aromatic rings. The average molecular weight is 251 g/mol. The Kier molecular flexibility index (Phi) is 5.37. The summed E-state index contributed by atoms with van der Waals surface area (Å²) in [6, 6.07) is 2.36. The van der Waals surface area contributed by atoms with Gasteiger partial charge in [0.2, 0.25) is 0 Å². The average Bonchev–Trinajstić information content (AvgIpc) is 2.23. The van der Waals surface area contributed by atoms with Crippen molar-refractivity contribution in [2.24, 2.45) is 5.73 Å². The first-order chi connectivity index (χ1) is 8.00. The molecule has 0 amide bonds. The number of ether oxygens (including phenoxy) is 1. The lowest BCUT2D eigenvalue weighted by Gasteiger charge is -2.13. The van der Waals surface area contributed by atoms with Crippen LogP contribution in [0.25, 0.3) is 0 Å². The van der Waals surface area contributed by atoms with Gasteiger partial charge >= 0.3 is 0 Å². The van der Waals surface area contributed by atoms with Crippen LogP contribution in [0.1, 0.15) is 18.0 Å². The van der Waals surface area contributed by atoms with Crippen molar-refractivity contribution in [2.75, 3.05) is 13.2 Å². The molecular weight excluding hydrogens is 238 g/mol. The monoisotopic (exact) mass is 251 g/mol. The molecular formula is C11H13F4NO. The highest BCUT2D eigenvalue weighted by atomic mass is 19.3. The van der Waals surface area contributed by atoms with Crippen molar-refractivity contribution in [2.45, 2.75) is 18.9 Å². The smallest absolute Gasteiger partial charge is 0.261 e. The Labute approximate surface area is 96.4 Å². The molecule has 1 unspecified atom stereocenters. The highest BCUT2D eigenvalue weighted by Crippen LogP contribution is 2.18. The van der Waals surface area contributed by atoms with E-state index < -0.39 is 30.7 Å². The zero-order valence-corrected chi connectivity index (χ0v) is 9.01. The molecule has 1 atom stereocenters. The van der Waals surface area contributed by atoms with E-state index in [9.17, 15) is 17.6 Å². The number of hydrogen-bond donors (Lipinski definition) is 1. The molecule has 0 aromatic heterocycles. The van der Waals surface area contributed by atoms with Crippen LogP contribution in [0.15, 0.2) is 18.2 Å². The minimum absolute atomic E-state index is 0.00230. The Bertz CT molecular complexity index is 359. The van der Waals surface area contributed by atoms with E-state index >= 15 is 0 Å². The molecule has 17 heavy (non-hydrogen) atoms. The molecule has 96 valence electrons. The van der Waals surface area contributed by atoms with Gasteiger partial charge in [-0.2, -0.15) is 0 Å². The van der Waals surface area contributed by atoms with Crippen molar-refractivity contribution in [1.82, 2.24) is 0 Å². The molecule has 1 rings (SSSR count). The van der Waals surface area contributed by atoms with E-state index in [1.165, 1.54) is 6.07 Å². The van der Waals surface area contributed by atoms with Gasteiger partial charge in [0, 0.05) is 24.3 Å². The summed E-state index contributed by atoms with van der Waals surface area (Å²) in [4.78, 5) is 0. The van der Waals surface area contributed by atoms with Crippen LogP contribution < -0.4 is 5.73 Å². The quantitative estimate of drug-likeness (QED) is 0.623. The van der Waals surface area contributed by atoms with Gasteiger partial charge in [-0.25, -0.2) is 17.6 Å². The fraction of sp³-hybridized carbons (Fsp3) is 0.455. The summed E-state index contributed by atoms with van der Waals surface area (Å²) in [6.07, 6.45) is -2.34. The number of hydrogen-bond acceptors (Lipinski definition) is 2. The lowest BCUT2D eigenvalue weighted by Crippen LogP contribution is -2.16. The molecule has 0 bridgehead atoms. The summed E-state index contributed by atoms with van der Waals surface area (Å²) >= 11 is 0. The van der Waals surface area contributed by atoms with E-state index in [4.69, 9.17) is 5.73 Å². The van der Waals surface area contributed by atoms with Crippen LogP contribution in [-0.2, 0) is 4.74 Å². The van der Waals surface area contributed by atoms with Crippen molar-refractivity contribution in [1.29, 1.82) is 0 Å². The summed E-state index contributed by atoms with van der Waals surface area (Å²) in [5.41, 5.74) is 5.78. The molecule has 2 N–H and O–H groups in total. The highest BCUT2D eigenvalue weighted by Gasteiger charge is 2.12. The van der Waals surface area contributed by atoms with E-state index in [0.717, 1.165) is 12.1 Å². The van der Waals surface area contributed by atoms with Gasteiger partial charge in [0.1, 0.15) is 18.2 Å². The molecule has 0 spiro atoms. The summed E-state index contributed by atoms with van der Waals surface area (Å²) in [5.74, 6) is -1.43. The maximum atomic E-state index is 13.3. The first-order valence-electron chi connectivity index (χ1n) is 5.07. The van der Waals surface area contributed by atoms with Crippen LogP contribution >= 0.6 is 0 Å². The maximum absolute atomic E-state index is 13.3. The van der Waals surface area contributed by atoms with Gasteiger partial charge < -0.3 is 10.5 Å². The Morgan fingerprint density at radius 3 is 2.53 bits per heavy atom. The van der Waals surface area contributed by atoms with E-state index in [0.29, 0.717) is 0 Å². The van der Waals surface area contributed by atoms with E-state index in [2.05, 4.69) is 4.74 Å². The molecule has 0 aliphatic heterocycles. The summed E-state index contributed by atoms with van der Waals surface area (Å²) in [7, 11) is 0. The molecule has 0 aliphatic carbocycles. The first kappa shape index (κ1) is 13.9. The Hall–Kier alpha value is -1.14. The van der Waals surface area contributed by atoms with Crippen LogP contribution in [0.5, 0.6) is 0 Å². The van der Waals surface area contributed by atoms with Crippen LogP contribution in [0.4, 0.5) is 17.6 Å². The van der Waals surface area contributed by atoms with Crippen LogP contribution in [0.3, 0.4) is 0 Å². The second-order valence-corrected chi connectivity index (χ2v) is 3.53. The van der Waals surface area contributed by atoms with Gasteiger partial charge in [0.25, 0.3) is 6.43 Å². The minimum atomic E-state index is -2.53. The Morgan fingerprint density at radius 2 is 1.94 bits per heavy atom. The third-order valence-corrected chi connectivity index (χ3v) is 2.18. The van der Waals surface area contributed by atoms with Gasteiger partial charge in [-0.1, -0.05) is 6.07 Å². The molecule has 0 heterocycles. The van der Waals surface area contributed by atoms with Crippen molar-refractivity contribution >= 4 is 0 Å². The highest BCUT2D eigenvalue weighted by molar-refractivity contribution is 5.21. The number of benzene rings is 1. The van der Waals surface area contributed by atoms with Gasteiger partial charge in [-0.05, 0) is 12.5 Å². The van der Waals surface area contributed by atoms with Gasteiger partial charge in [-0.3, -0.25) is 0 Å². The van der Waals surface area contributed by atoms with Crippen molar-refractivity contribution < 1.29 is 22.3 Å². The normalized spacial score (nSPS) is 13.1. The summed E-state index contributed by atoms with van der Waals surface area (Å²) < 4.78 is 54.0. The first-order valence-corrected chi connectivity index (χ1v) is 5.07. The lowest BCUT2D eigenvalue weighted by molar-refractivity contribution is 0.0151. The minimum Gasteiger partial charge on any atom is -0.375 e. The maximum Gasteiger partial charge on any atom is 0.261 e. The second-order valence-electron chi connectivity index (χ2n) is 3.53. The topological polar surface area (TPSA) is 35.2 Å². The van der Waals surface area contributed by atoms with Crippen LogP contribution in [0.2, 0.25) is 0 Å². The number of alkyl halides is 2. The van der Waals surface area contributed by atoms with E-state index in [1.807, 2.05) is 0 Å². The van der Waals surface area contributed by atoms with Crippen LogP contribution in [-0.4, -0.2) is 19.6 Å². The fourth-order valence-electron chi connectivity index (χ4n) is 1.34. The molecule has 0 fully saturated rings. The fourth-order valence-corrected chi connectivity index (χ4v) is 1.34. The van der Waals surface area contributed by atoms with Gasteiger partial charge in [0.05, 0.1) is 0 Å². The molecule has 0 saturated carbocycles. The third kappa shape index (κ3) is 4.70. The zero-order chi connectivity index (χ0) is 12.8. The zero-order valence-electron chi connectivity index (χ0n) is 9.01. The third-order valence-electron chi connectivity index (χ3n) is 2.18. The van der Waals surface area contributed by atoms with Crippen molar-refractivity contribution in [3.8, 4) is 0 Å². The van der Waals surface area contributed by atoms with Crippen molar-refractivity contribution in [3.63, 3.8) is 0 Å². The molecule has 2 nitrogen and oxygen atoms in total. The molecule has 0 aliphatic rings. The SMILES string of the molecule is NC(CCOCC(F)F)c1ccc(F)cc1F. The van der Waals surface area contributed by atoms with Crippen molar-refractivity contribution in [3.05, 3.63) is 35.4 Å². The van der Waals surface area contributed by atoms with E-state index in [-0.39, 0.29) is 18.6 Å². The number of halogens is 4. The van der Waals surface area contributed by atoms with Gasteiger partial charge in [0.15, 0.2) is 0 Å². The van der Waals surface area contributed by atoms with E-state index in [1.54, 1.807) is 0 Å². The molecule has 0 saturated heterocycles.